The van der Waals surface area contributed by atoms with E-state index >= 15 is 0 Å². The molecule has 0 radical (unpaired) electrons. The lowest BCUT2D eigenvalue weighted by Crippen LogP contribution is -2.66. The van der Waals surface area contributed by atoms with Gasteiger partial charge in [0.15, 0.2) is 11.4 Å². The van der Waals surface area contributed by atoms with Gasteiger partial charge in [-0.25, -0.2) is 0 Å². The normalized spacial score (nSPS) is 26.5. The number of aliphatic hydroxyl groups is 4. The summed E-state index contributed by atoms with van der Waals surface area (Å²) in [7, 11) is 6.86. The number of fused-ring (bicyclic) bond motifs is 3. The molecule has 3 aliphatic carbocycles. The van der Waals surface area contributed by atoms with Crippen LogP contribution < -0.4 is 16.0 Å². The second kappa shape index (κ2) is 10.2. The Hall–Kier alpha value is -3.90. The molecule has 0 heterocycles. The molecule has 0 spiro atoms. The zero-order valence-corrected chi connectivity index (χ0v) is 23.4. The predicted octanol–water partition coefficient (Wildman–Crippen LogP) is 1.43. The van der Waals surface area contributed by atoms with E-state index in [-0.39, 0.29) is 29.7 Å². The molecular formula is C30H36N4O7. The van der Waals surface area contributed by atoms with Gasteiger partial charge in [-0.1, -0.05) is 30.3 Å². The van der Waals surface area contributed by atoms with Crippen LogP contribution in [0.3, 0.4) is 0 Å². The minimum Gasteiger partial charge on any atom is -0.508 e. The molecule has 5 atom stereocenters. The highest BCUT2D eigenvalue weighted by molar-refractivity contribution is 6.14. The van der Waals surface area contributed by atoms with Gasteiger partial charge < -0.3 is 41.5 Å². The average molecular weight is 565 g/mol. The number of hydrogen-bond donors (Lipinski definition) is 7. The number of aliphatic hydroxyl groups excluding tert-OH is 3. The highest BCUT2D eigenvalue weighted by Gasteiger charge is 2.64. The molecule has 218 valence electrons. The first-order valence-corrected chi connectivity index (χ1v) is 13.4. The molecule has 2 aromatic carbocycles. The van der Waals surface area contributed by atoms with E-state index < -0.39 is 58.4 Å². The number of likely N-dealkylation sites (N-methyl/N-ethyl adjacent to an activating group) is 1. The Balaban J connectivity index is 1.67. The molecule has 2 unspecified atom stereocenters. The Kier molecular flexibility index (Phi) is 7.11. The highest BCUT2D eigenvalue weighted by Crippen LogP contribution is 2.54. The summed E-state index contributed by atoms with van der Waals surface area (Å²) in [4.78, 5) is 30.8. The summed E-state index contributed by atoms with van der Waals surface area (Å²) in [6.45, 7) is 0.392. The minimum atomic E-state index is -2.61. The maximum Gasteiger partial charge on any atom is 0.202 e. The standard InChI is InChI=1S/C30H36N4O7/c1-33(2)19-12-18(32-13-14-8-6-5-7-9-14)24(35)21-16(19)10-15-11-17-23(34(3)4)26(37)22(29(31)40)28(39)30(17,41)27(38)20(15)25(21)36/h5-9,12,15,17,23,29,32,35-36,39-41H,10-11,13,31H2,1-4H3/t15-,17-,23?,29?,30-/m0/s1. The van der Waals surface area contributed by atoms with Crippen molar-refractivity contribution in [3.63, 3.8) is 0 Å². The van der Waals surface area contributed by atoms with Crippen molar-refractivity contribution in [1.29, 1.82) is 0 Å². The molecule has 3 aliphatic rings. The first-order chi connectivity index (χ1) is 19.3. The third-order valence-electron chi connectivity index (χ3n) is 8.59. The van der Waals surface area contributed by atoms with Gasteiger partial charge in [0.1, 0.15) is 23.5 Å². The number of anilines is 2. The third kappa shape index (κ3) is 4.27. The van der Waals surface area contributed by atoms with E-state index in [9.17, 15) is 35.1 Å². The quantitative estimate of drug-likeness (QED) is 0.199. The fourth-order valence-corrected chi connectivity index (χ4v) is 6.69. The van der Waals surface area contributed by atoms with Crippen molar-refractivity contribution in [1.82, 2.24) is 4.90 Å². The van der Waals surface area contributed by atoms with E-state index in [4.69, 9.17) is 5.73 Å². The van der Waals surface area contributed by atoms with Crippen LogP contribution in [-0.2, 0) is 22.6 Å². The van der Waals surface area contributed by atoms with Gasteiger partial charge in [-0.2, -0.15) is 0 Å². The first kappa shape index (κ1) is 28.6. The van der Waals surface area contributed by atoms with E-state index in [1.807, 2.05) is 49.3 Å². The van der Waals surface area contributed by atoms with E-state index in [1.54, 1.807) is 20.2 Å². The van der Waals surface area contributed by atoms with Gasteiger partial charge >= 0.3 is 0 Å². The maximum absolute atomic E-state index is 14.1. The largest absolute Gasteiger partial charge is 0.508 e. The molecule has 41 heavy (non-hydrogen) atoms. The van der Waals surface area contributed by atoms with Crippen molar-refractivity contribution >= 4 is 28.7 Å². The van der Waals surface area contributed by atoms with Crippen LogP contribution in [0.25, 0.3) is 5.76 Å². The summed E-state index contributed by atoms with van der Waals surface area (Å²) in [5, 5.41) is 59.2. The van der Waals surface area contributed by atoms with Crippen LogP contribution in [0.1, 0.15) is 23.1 Å². The van der Waals surface area contributed by atoms with Crippen molar-refractivity contribution in [2.75, 3.05) is 38.4 Å². The fraction of sp³-hybridized carbons (Fsp3) is 0.400. The smallest absolute Gasteiger partial charge is 0.202 e. The molecule has 0 amide bonds. The third-order valence-corrected chi connectivity index (χ3v) is 8.59. The Morgan fingerprint density at radius 2 is 1.76 bits per heavy atom. The molecule has 11 heteroatoms. The van der Waals surface area contributed by atoms with Gasteiger partial charge in [0.05, 0.1) is 22.9 Å². The first-order valence-electron chi connectivity index (χ1n) is 13.4. The molecule has 0 aliphatic heterocycles. The molecule has 1 saturated carbocycles. The number of phenolic OH excluding ortho intramolecular Hbond substituents is 1. The highest BCUT2D eigenvalue weighted by atomic mass is 16.4. The molecule has 8 N–H and O–H groups in total. The number of rotatable bonds is 6. The summed E-state index contributed by atoms with van der Waals surface area (Å²) in [6, 6.07) is 10.3. The number of benzene rings is 2. The Morgan fingerprint density at radius 3 is 2.34 bits per heavy atom. The fourth-order valence-electron chi connectivity index (χ4n) is 6.69. The maximum atomic E-state index is 14.1. The van der Waals surface area contributed by atoms with E-state index in [2.05, 4.69) is 5.32 Å². The number of hydrogen-bond acceptors (Lipinski definition) is 11. The molecule has 2 aromatic rings. The number of carbonyl (C=O) groups is 2. The van der Waals surface area contributed by atoms with Crippen LogP contribution in [0.2, 0.25) is 0 Å². The lowest BCUT2D eigenvalue weighted by molar-refractivity contribution is -0.154. The molecule has 1 fully saturated rings. The summed E-state index contributed by atoms with van der Waals surface area (Å²) in [5.74, 6) is -5.14. The van der Waals surface area contributed by atoms with E-state index in [0.717, 1.165) is 5.56 Å². The van der Waals surface area contributed by atoms with Gasteiger partial charge in [0.25, 0.3) is 0 Å². The van der Waals surface area contributed by atoms with Gasteiger partial charge in [-0.15, -0.1) is 0 Å². The minimum absolute atomic E-state index is 0.0620. The molecule has 5 rings (SSSR count). The summed E-state index contributed by atoms with van der Waals surface area (Å²) in [6.07, 6.45) is -1.63. The van der Waals surface area contributed by atoms with Crippen LogP contribution in [0.4, 0.5) is 11.4 Å². The lowest BCUT2D eigenvalue weighted by Gasteiger charge is -2.50. The van der Waals surface area contributed by atoms with Crippen LogP contribution in [0.15, 0.2) is 53.3 Å². The van der Waals surface area contributed by atoms with Crippen molar-refractivity contribution in [2.24, 2.45) is 17.6 Å². The molecule has 0 saturated heterocycles. The number of carbonyl (C=O) groups excluding carboxylic acids is 2. The zero-order valence-electron chi connectivity index (χ0n) is 23.4. The van der Waals surface area contributed by atoms with Gasteiger partial charge in [-0.05, 0) is 50.0 Å². The second-order valence-corrected chi connectivity index (χ2v) is 11.5. The van der Waals surface area contributed by atoms with Crippen LogP contribution in [-0.4, -0.2) is 88.1 Å². The van der Waals surface area contributed by atoms with Crippen molar-refractivity contribution in [3.8, 4) is 5.75 Å². The Bertz CT molecular complexity index is 1480. The average Bonchev–Trinajstić information content (AvgIpc) is 2.90. The van der Waals surface area contributed by atoms with Gasteiger partial charge in [0.2, 0.25) is 5.78 Å². The van der Waals surface area contributed by atoms with Crippen LogP contribution >= 0.6 is 0 Å². The summed E-state index contributed by atoms with van der Waals surface area (Å²) in [5.41, 5.74) is 4.88. The summed E-state index contributed by atoms with van der Waals surface area (Å²) >= 11 is 0. The van der Waals surface area contributed by atoms with Crippen molar-refractivity contribution in [3.05, 3.63) is 70.0 Å². The zero-order chi connectivity index (χ0) is 30.0. The molecular weight excluding hydrogens is 528 g/mol. The lowest BCUT2D eigenvalue weighted by atomic mass is 9.57. The predicted molar refractivity (Wildman–Crippen MR) is 153 cm³/mol. The number of nitrogens with zero attached hydrogens (tertiary/aromatic N) is 2. The number of nitrogens with one attached hydrogen (secondary N) is 1. The number of nitrogens with two attached hydrogens (primary N) is 1. The summed E-state index contributed by atoms with van der Waals surface area (Å²) < 4.78 is 0. The number of ketones is 2. The van der Waals surface area contributed by atoms with Gasteiger partial charge in [-0.3, -0.25) is 14.5 Å². The van der Waals surface area contributed by atoms with Crippen molar-refractivity contribution < 1.29 is 35.1 Å². The van der Waals surface area contributed by atoms with E-state index in [1.165, 1.54) is 4.90 Å². The molecule has 11 nitrogen and oxygen atoms in total. The SMILES string of the molecule is CN(C)c1cc(NCc2ccccc2)c(O)c2c1C[C@H]1C[C@H]3C(N(C)C)C(=O)C(C(N)O)=C(O)[C@@]3(O)C(=O)C1=C2O. The van der Waals surface area contributed by atoms with E-state index in [0.29, 0.717) is 23.5 Å². The van der Waals surface area contributed by atoms with Crippen LogP contribution in [0, 0.1) is 11.8 Å². The Labute approximate surface area is 237 Å². The van der Waals surface area contributed by atoms with Gasteiger partial charge in [0, 0.05) is 37.8 Å². The number of phenols is 1. The number of Topliss-reactive ketones (excluding diaryl/α,β-unsaturated/α-hetero) is 2. The monoisotopic (exact) mass is 564 g/mol. The molecule has 0 bridgehead atoms. The van der Waals surface area contributed by atoms with Crippen molar-refractivity contribution in [2.45, 2.75) is 37.3 Å². The Morgan fingerprint density at radius 1 is 1.10 bits per heavy atom. The molecule has 0 aromatic heterocycles. The van der Waals surface area contributed by atoms with Crippen LogP contribution in [0.5, 0.6) is 5.75 Å². The second-order valence-electron chi connectivity index (χ2n) is 11.5. The number of aromatic hydroxyl groups is 1. The topological polar surface area (TPSA) is 180 Å².